The lowest BCUT2D eigenvalue weighted by Crippen LogP contribution is -2.24. The zero-order valence-electron chi connectivity index (χ0n) is 14.0. The number of thiophene rings is 1. The fraction of sp³-hybridized carbons (Fsp3) is 0.438. The molecule has 0 unspecified atom stereocenters. The maximum absolute atomic E-state index is 12.0. The van der Waals surface area contributed by atoms with E-state index in [0.717, 1.165) is 11.1 Å². The van der Waals surface area contributed by atoms with E-state index in [0.29, 0.717) is 18.0 Å². The first-order chi connectivity index (χ1) is 12.0. The van der Waals surface area contributed by atoms with Gasteiger partial charge >= 0.3 is 11.9 Å². The SMILES string of the molecule is CCOC(=O)c1cc(CC)sc1NC(=O)COC(=O)C1=COCCO1. The first-order valence-electron chi connectivity index (χ1n) is 7.76. The van der Waals surface area contributed by atoms with E-state index in [1.54, 1.807) is 13.0 Å². The van der Waals surface area contributed by atoms with Crippen LogP contribution in [0.3, 0.4) is 0 Å². The number of amides is 1. The molecule has 1 aliphatic rings. The summed E-state index contributed by atoms with van der Waals surface area (Å²) in [5.74, 6) is -1.96. The summed E-state index contributed by atoms with van der Waals surface area (Å²) in [6, 6.07) is 1.68. The van der Waals surface area contributed by atoms with E-state index < -0.39 is 24.5 Å². The van der Waals surface area contributed by atoms with Crippen molar-refractivity contribution in [1.82, 2.24) is 0 Å². The molecule has 1 aromatic rings. The van der Waals surface area contributed by atoms with E-state index in [2.05, 4.69) is 5.32 Å². The van der Waals surface area contributed by atoms with Crippen LogP contribution < -0.4 is 5.32 Å². The number of carbonyl (C=O) groups is 3. The molecule has 0 fully saturated rings. The third-order valence-corrected chi connectivity index (χ3v) is 4.26. The van der Waals surface area contributed by atoms with Gasteiger partial charge in [-0.2, -0.15) is 0 Å². The second-order valence-electron chi connectivity index (χ2n) is 4.86. The summed E-state index contributed by atoms with van der Waals surface area (Å²) in [7, 11) is 0. The van der Waals surface area contributed by atoms with Crippen molar-refractivity contribution in [3.05, 3.63) is 28.5 Å². The fourth-order valence-electron chi connectivity index (χ4n) is 1.91. The minimum absolute atomic E-state index is 0.0874. The molecular formula is C16H19NO7S. The molecule has 136 valence electrons. The third kappa shape index (κ3) is 5.21. The molecule has 0 radical (unpaired) electrons. The van der Waals surface area contributed by atoms with Crippen LogP contribution in [0.2, 0.25) is 0 Å². The first kappa shape index (κ1) is 18.8. The molecule has 0 saturated carbocycles. The van der Waals surface area contributed by atoms with E-state index in [1.165, 1.54) is 11.3 Å². The second kappa shape index (κ2) is 9.07. The number of hydrogen-bond donors (Lipinski definition) is 1. The smallest absolute Gasteiger partial charge is 0.377 e. The molecule has 0 aliphatic carbocycles. The highest BCUT2D eigenvalue weighted by atomic mass is 32.1. The Bertz CT molecular complexity index is 680. The van der Waals surface area contributed by atoms with Gasteiger partial charge in [0.25, 0.3) is 5.91 Å². The Kier molecular flexibility index (Phi) is 6.81. The van der Waals surface area contributed by atoms with Gasteiger partial charge in [-0.1, -0.05) is 6.92 Å². The van der Waals surface area contributed by atoms with Crippen LogP contribution in [0.15, 0.2) is 18.1 Å². The maximum atomic E-state index is 12.0. The minimum atomic E-state index is -0.791. The third-order valence-electron chi connectivity index (χ3n) is 3.06. The lowest BCUT2D eigenvalue weighted by atomic mass is 10.2. The van der Waals surface area contributed by atoms with E-state index in [4.69, 9.17) is 18.9 Å². The van der Waals surface area contributed by atoms with Gasteiger partial charge in [-0.05, 0) is 19.4 Å². The van der Waals surface area contributed by atoms with E-state index >= 15 is 0 Å². The average Bonchev–Trinajstić information content (AvgIpc) is 3.03. The second-order valence-corrected chi connectivity index (χ2v) is 5.99. The summed E-state index contributed by atoms with van der Waals surface area (Å²) in [6.07, 6.45) is 1.86. The van der Waals surface area contributed by atoms with Crippen LogP contribution in [0.4, 0.5) is 5.00 Å². The lowest BCUT2D eigenvalue weighted by Gasteiger charge is -2.14. The Labute approximate surface area is 148 Å². The number of carbonyl (C=O) groups excluding carboxylic acids is 3. The van der Waals surface area contributed by atoms with Crippen molar-refractivity contribution in [1.29, 1.82) is 0 Å². The number of hydrogen-bond acceptors (Lipinski definition) is 8. The van der Waals surface area contributed by atoms with Crippen LogP contribution in [-0.2, 0) is 35.0 Å². The molecule has 1 amide bonds. The summed E-state index contributed by atoms with van der Waals surface area (Å²) in [4.78, 5) is 36.6. The standard InChI is InChI=1S/C16H19NO7S/c1-3-10-7-11(15(19)22-4-2)14(25-10)17-13(18)9-24-16(20)12-8-21-5-6-23-12/h7-8H,3-6,9H2,1-2H3,(H,17,18). The summed E-state index contributed by atoms with van der Waals surface area (Å²) < 4.78 is 19.8. The molecule has 9 heteroatoms. The van der Waals surface area contributed by atoms with Crippen molar-refractivity contribution >= 4 is 34.2 Å². The quantitative estimate of drug-likeness (QED) is 0.732. The van der Waals surface area contributed by atoms with Gasteiger partial charge in [0.15, 0.2) is 6.61 Å². The number of nitrogens with one attached hydrogen (secondary N) is 1. The van der Waals surface area contributed by atoms with Gasteiger partial charge in [-0.25, -0.2) is 9.59 Å². The van der Waals surface area contributed by atoms with Gasteiger partial charge in [0.2, 0.25) is 5.76 Å². The molecule has 0 spiro atoms. The Morgan fingerprint density at radius 3 is 2.64 bits per heavy atom. The molecule has 25 heavy (non-hydrogen) atoms. The van der Waals surface area contributed by atoms with Gasteiger partial charge < -0.3 is 24.3 Å². The highest BCUT2D eigenvalue weighted by molar-refractivity contribution is 7.16. The van der Waals surface area contributed by atoms with E-state index in [1.807, 2.05) is 6.92 Å². The molecule has 0 bridgehead atoms. The topological polar surface area (TPSA) is 100 Å². The molecular weight excluding hydrogens is 350 g/mol. The first-order valence-corrected chi connectivity index (χ1v) is 8.58. The van der Waals surface area contributed by atoms with E-state index in [9.17, 15) is 14.4 Å². The summed E-state index contributed by atoms with van der Waals surface area (Å²) in [5.41, 5.74) is 0.287. The normalized spacial score (nSPS) is 13.1. The van der Waals surface area contributed by atoms with Crippen molar-refractivity contribution in [3.8, 4) is 0 Å². The van der Waals surface area contributed by atoms with E-state index in [-0.39, 0.29) is 24.5 Å². The molecule has 2 rings (SSSR count). The van der Waals surface area contributed by atoms with Gasteiger partial charge in [0.05, 0.1) is 12.2 Å². The average molecular weight is 369 g/mol. The monoisotopic (exact) mass is 369 g/mol. The van der Waals surface area contributed by atoms with Crippen molar-refractivity contribution in [2.24, 2.45) is 0 Å². The number of esters is 2. The zero-order chi connectivity index (χ0) is 18.2. The molecule has 1 aromatic heterocycles. The molecule has 1 N–H and O–H groups in total. The predicted molar refractivity (Wildman–Crippen MR) is 89.2 cm³/mol. The summed E-state index contributed by atoms with van der Waals surface area (Å²) in [6.45, 7) is 3.96. The lowest BCUT2D eigenvalue weighted by molar-refractivity contribution is -0.148. The molecule has 0 saturated heterocycles. The zero-order valence-corrected chi connectivity index (χ0v) is 14.8. The Balaban J connectivity index is 1.95. The number of ether oxygens (including phenoxy) is 4. The van der Waals surface area contributed by atoms with Crippen LogP contribution in [0.25, 0.3) is 0 Å². The van der Waals surface area contributed by atoms with Crippen LogP contribution in [-0.4, -0.2) is 44.3 Å². The molecule has 0 atom stereocenters. The van der Waals surface area contributed by atoms with Crippen LogP contribution in [0.5, 0.6) is 0 Å². The fourth-order valence-corrected chi connectivity index (χ4v) is 2.91. The van der Waals surface area contributed by atoms with Gasteiger partial charge in [0, 0.05) is 4.88 Å². The van der Waals surface area contributed by atoms with Crippen molar-refractivity contribution < 1.29 is 33.3 Å². The Morgan fingerprint density at radius 2 is 2.00 bits per heavy atom. The predicted octanol–water partition coefficient (Wildman–Crippen LogP) is 1.86. The van der Waals surface area contributed by atoms with Crippen LogP contribution in [0, 0.1) is 0 Å². The minimum Gasteiger partial charge on any atom is -0.493 e. The highest BCUT2D eigenvalue weighted by Gasteiger charge is 2.21. The molecule has 0 aromatic carbocycles. The van der Waals surface area contributed by atoms with Crippen molar-refractivity contribution in [3.63, 3.8) is 0 Å². The Hall–Kier alpha value is -2.55. The maximum Gasteiger partial charge on any atom is 0.377 e. The number of aryl methyl sites for hydroxylation is 1. The summed E-state index contributed by atoms with van der Waals surface area (Å²) >= 11 is 1.28. The summed E-state index contributed by atoms with van der Waals surface area (Å²) in [5, 5.41) is 2.94. The molecule has 1 aliphatic heterocycles. The van der Waals surface area contributed by atoms with Gasteiger partial charge in [-0.15, -0.1) is 11.3 Å². The van der Waals surface area contributed by atoms with Crippen molar-refractivity contribution in [2.45, 2.75) is 20.3 Å². The highest BCUT2D eigenvalue weighted by Crippen LogP contribution is 2.29. The van der Waals surface area contributed by atoms with Crippen molar-refractivity contribution in [2.75, 3.05) is 31.7 Å². The van der Waals surface area contributed by atoms with Crippen LogP contribution in [0.1, 0.15) is 29.1 Å². The molecule has 8 nitrogen and oxygen atoms in total. The van der Waals surface area contributed by atoms with Gasteiger partial charge in [0.1, 0.15) is 24.5 Å². The van der Waals surface area contributed by atoms with Gasteiger partial charge in [-0.3, -0.25) is 4.79 Å². The van der Waals surface area contributed by atoms with Crippen LogP contribution >= 0.6 is 11.3 Å². The largest absolute Gasteiger partial charge is 0.493 e. The number of rotatable bonds is 7. The molecule has 2 heterocycles. The Morgan fingerprint density at radius 1 is 1.20 bits per heavy atom. The number of anilines is 1.